The zero-order chi connectivity index (χ0) is 19.0. The smallest absolute Gasteiger partial charge is 0.269 e. The van der Waals surface area contributed by atoms with Gasteiger partial charge in [-0.15, -0.1) is 0 Å². The third-order valence-corrected chi connectivity index (χ3v) is 4.82. The number of carbonyl (C=O) groups excluding carboxylic acids is 1. The number of para-hydroxylation sites is 1. The van der Waals surface area contributed by atoms with Gasteiger partial charge in [0.2, 0.25) is 0 Å². The van der Waals surface area contributed by atoms with Gasteiger partial charge in [0, 0.05) is 17.7 Å². The molecule has 0 aliphatic carbocycles. The largest absolute Gasteiger partial charge is 0.372 e. The molecule has 1 amide bonds. The molecule has 1 aliphatic heterocycles. The lowest BCUT2D eigenvalue weighted by Crippen LogP contribution is -2.40. The first kappa shape index (κ1) is 16.9. The molecule has 0 spiro atoms. The van der Waals surface area contributed by atoms with Gasteiger partial charge < -0.3 is 10.0 Å². The number of anilines is 1. The topological polar surface area (TPSA) is 83.7 Å². The average molecular weight is 360 g/mol. The Bertz CT molecular complexity index is 1020. The summed E-state index contributed by atoms with van der Waals surface area (Å²) in [6.45, 7) is 0.211. The van der Waals surface area contributed by atoms with Crippen molar-refractivity contribution in [1.82, 2.24) is 0 Å². The second-order valence-electron chi connectivity index (χ2n) is 6.41. The average Bonchev–Trinajstić information content (AvgIpc) is 2.92. The Balaban J connectivity index is 1.74. The van der Waals surface area contributed by atoms with Gasteiger partial charge in [0.25, 0.3) is 11.6 Å². The van der Waals surface area contributed by atoms with E-state index in [2.05, 4.69) is 0 Å². The number of nitrogens with zero attached hydrogens (tertiary/aromatic N) is 2. The van der Waals surface area contributed by atoms with Gasteiger partial charge in [-0.3, -0.25) is 14.9 Å². The number of hydrogen-bond acceptors (Lipinski definition) is 4. The molecule has 6 nitrogen and oxygen atoms in total. The highest BCUT2D eigenvalue weighted by Crippen LogP contribution is 2.44. The maximum atomic E-state index is 13.2. The van der Waals surface area contributed by atoms with Crippen molar-refractivity contribution in [2.45, 2.75) is 12.1 Å². The highest BCUT2D eigenvalue weighted by Gasteiger charge is 2.50. The number of amides is 1. The Morgan fingerprint density at radius 1 is 0.926 bits per heavy atom. The number of nitro benzene ring substituents is 1. The van der Waals surface area contributed by atoms with E-state index in [1.54, 1.807) is 54.6 Å². The summed E-state index contributed by atoms with van der Waals surface area (Å²) in [7, 11) is 0. The number of benzene rings is 3. The molecule has 1 heterocycles. The summed E-state index contributed by atoms with van der Waals surface area (Å²) in [6.07, 6.45) is 0. The van der Waals surface area contributed by atoms with Crippen molar-refractivity contribution >= 4 is 17.3 Å². The SMILES string of the molecule is O=C1N(Cc2ccc([N+](=O)[O-])cc2)c2ccccc2[C@]1(O)c1ccccc1. The molecule has 4 rings (SSSR count). The summed E-state index contributed by atoms with van der Waals surface area (Å²) in [4.78, 5) is 25.1. The van der Waals surface area contributed by atoms with Crippen LogP contribution in [0.5, 0.6) is 0 Å². The maximum Gasteiger partial charge on any atom is 0.269 e. The van der Waals surface area contributed by atoms with E-state index >= 15 is 0 Å². The fourth-order valence-electron chi connectivity index (χ4n) is 3.46. The van der Waals surface area contributed by atoms with E-state index in [1.807, 2.05) is 12.1 Å². The van der Waals surface area contributed by atoms with Crippen LogP contribution < -0.4 is 4.90 Å². The Morgan fingerprint density at radius 2 is 1.56 bits per heavy atom. The first-order chi connectivity index (χ1) is 13.0. The number of rotatable bonds is 4. The van der Waals surface area contributed by atoms with Crippen LogP contribution in [-0.4, -0.2) is 15.9 Å². The van der Waals surface area contributed by atoms with Gasteiger partial charge in [0.05, 0.1) is 17.2 Å². The molecule has 0 unspecified atom stereocenters. The minimum atomic E-state index is -1.75. The fourth-order valence-corrected chi connectivity index (χ4v) is 3.46. The van der Waals surface area contributed by atoms with Crippen LogP contribution in [0.4, 0.5) is 11.4 Å². The number of aliphatic hydroxyl groups is 1. The zero-order valence-electron chi connectivity index (χ0n) is 14.3. The van der Waals surface area contributed by atoms with Crippen LogP contribution in [0, 0.1) is 10.1 Å². The van der Waals surface area contributed by atoms with E-state index in [4.69, 9.17) is 0 Å². The van der Waals surface area contributed by atoms with E-state index in [9.17, 15) is 20.0 Å². The second kappa shape index (κ2) is 6.34. The highest BCUT2D eigenvalue weighted by atomic mass is 16.6. The van der Waals surface area contributed by atoms with Crippen LogP contribution in [0.25, 0.3) is 0 Å². The molecule has 1 aliphatic rings. The first-order valence-electron chi connectivity index (χ1n) is 8.44. The molecule has 27 heavy (non-hydrogen) atoms. The van der Waals surface area contributed by atoms with Crippen molar-refractivity contribution in [3.63, 3.8) is 0 Å². The maximum absolute atomic E-state index is 13.2. The Labute approximate surface area is 155 Å². The van der Waals surface area contributed by atoms with E-state index in [1.165, 1.54) is 17.0 Å². The van der Waals surface area contributed by atoms with Crippen LogP contribution in [0.15, 0.2) is 78.9 Å². The van der Waals surface area contributed by atoms with Crippen molar-refractivity contribution in [1.29, 1.82) is 0 Å². The third-order valence-electron chi connectivity index (χ3n) is 4.82. The monoisotopic (exact) mass is 360 g/mol. The molecule has 6 heteroatoms. The molecule has 0 aromatic heterocycles. The molecule has 3 aromatic rings. The van der Waals surface area contributed by atoms with Gasteiger partial charge in [-0.25, -0.2) is 0 Å². The second-order valence-corrected chi connectivity index (χ2v) is 6.41. The van der Waals surface area contributed by atoms with E-state index in [-0.39, 0.29) is 12.2 Å². The molecule has 1 atom stereocenters. The minimum absolute atomic E-state index is 0.00677. The van der Waals surface area contributed by atoms with Gasteiger partial charge >= 0.3 is 0 Å². The van der Waals surface area contributed by atoms with Gasteiger partial charge in [0.1, 0.15) is 0 Å². The summed E-state index contributed by atoms with van der Waals surface area (Å²) >= 11 is 0. The Morgan fingerprint density at radius 3 is 2.22 bits per heavy atom. The number of non-ortho nitro benzene ring substituents is 1. The van der Waals surface area contributed by atoms with Crippen LogP contribution in [-0.2, 0) is 16.9 Å². The van der Waals surface area contributed by atoms with Crippen molar-refractivity contribution in [2.24, 2.45) is 0 Å². The van der Waals surface area contributed by atoms with Crippen LogP contribution in [0.1, 0.15) is 16.7 Å². The molecule has 0 bridgehead atoms. The summed E-state index contributed by atoms with van der Waals surface area (Å²) in [5, 5.41) is 22.2. The van der Waals surface area contributed by atoms with Crippen molar-refractivity contribution in [3.8, 4) is 0 Å². The van der Waals surface area contributed by atoms with E-state index in [0.717, 1.165) is 5.56 Å². The molecule has 134 valence electrons. The molecule has 0 saturated carbocycles. The van der Waals surface area contributed by atoms with E-state index < -0.39 is 16.4 Å². The van der Waals surface area contributed by atoms with Crippen LogP contribution in [0.2, 0.25) is 0 Å². The predicted molar refractivity (Wildman–Crippen MR) is 100 cm³/mol. The lowest BCUT2D eigenvalue weighted by molar-refractivity contribution is -0.384. The molecule has 0 fully saturated rings. The van der Waals surface area contributed by atoms with Gasteiger partial charge in [-0.05, 0) is 17.2 Å². The Hall–Kier alpha value is -3.51. The number of hydrogen-bond donors (Lipinski definition) is 1. The molecule has 0 radical (unpaired) electrons. The quantitative estimate of drug-likeness (QED) is 0.571. The Kier molecular flexibility index (Phi) is 3.97. The fraction of sp³-hybridized carbons (Fsp3) is 0.0952. The third kappa shape index (κ3) is 2.67. The molecule has 1 N–H and O–H groups in total. The zero-order valence-corrected chi connectivity index (χ0v) is 14.3. The summed E-state index contributed by atoms with van der Waals surface area (Å²) in [5.41, 5.74) is 0.649. The number of fused-ring (bicyclic) bond motifs is 1. The first-order valence-corrected chi connectivity index (χ1v) is 8.44. The van der Waals surface area contributed by atoms with Gasteiger partial charge in [-0.1, -0.05) is 60.7 Å². The molecule has 0 saturated heterocycles. The number of nitro groups is 1. The van der Waals surface area contributed by atoms with E-state index in [0.29, 0.717) is 16.8 Å². The summed E-state index contributed by atoms with van der Waals surface area (Å²) in [6, 6.07) is 22.0. The predicted octanol–water partition coefficient (Wildman–Crippen LogP) is 3.38. The lowest BCUT2D eigenvalue weighted by Gasteiger charge is -2.23. The van der Waals surface area contributed by atoms with Crippen molar-refractivity contribution < 1.29 is 14.8 Å². The molecular weight excluding hydrogens is 344 g/mol. The standard InChI is InChI=1S/C21H16N2O4/c24-20-21(25,16-6-2-1-3-7-16)18-8-4-5-9-19(18)22(20)14-15-10-12-17(13-11-15)23(26)27/h1-13,25H,14H2/t21-/m1/s1. The molecular formula is C21H16N2O4. The lowest BCUT2D eigenvalue weighted by atomic mass is 9.88. The summed E-state index contributed by atoms with van der Waals surface area (Å²) in [5.74, 6) is -0.437. The van der Waals surface area contributed by atoms with Crippen molar-refractivity contribution in [2.75, 3.05) is 4.90 Å². The highest BCUT2D eigenvalue weighted by molar-refractivity contribution is 6.09. The summed E-state index contributed by atoms with van der Waals surface area (Å²) < 4.78 is 0. The van der Waals surface area contributed by atoms with Crippen LogP contribution >= 0.6 is 0 Å². The molecule has 3 aromatic carbocycles. The van der Waals surface area contributed by atoms with Crippen molar-refractivity contribution in [3.05, 3.63) is 106 Å². The van der Waals surface area contributed by atoms with Gasteiger partial charge in [-0.2, -0.15) is 0 Å². The minimum Gasteiger partial charge on any atom is -0.372 e. The normalized spacial score (nSPS) is 18.4. The van der Waals surface area contributed by atoms with Crippen LogP contribution in [0.3, 0.4) is 0 Å². The number of carbonyl (C=O) groups is 1. The van der Waals surface area contributed by atoms with Gasteiger partial charge in [0.15, 0.2) is 5.60 Å².